The van der Waals surface area contributed by atoms with Gasteiger partial charge < -0.3 is 10.2 Å². The highest BCUT2D eigenvalue weighted by molar-refractivity contribution is 14.1. The van der Waals surface area contributed by atoms with E-state index >= 15 is 0 Å². The molecule has 1 aliphatic rings. The number of anilines is 1. The Balaban J connectivity index is 1.82. The fraction of sp³-hybridized carbons (Fsp3) is 0.632. The Hall–Kier alpha value is -0.870. The molecule has 0 radical (unpaired) electrons. The minimum absolute atomic E-state index is 0.194. The van der Waals surface area contributed by atoms with Crippen molar-refractivity contribution in [3.63, 3.8) is 0 Å². The summed E-state index contributed by atoms with van der Waals surface area (Å²) in [6.45, 7) is 4.72. The molecule has 1 amide bonds. The van der Waals surface area contributed by atoms with Crippen molar-refractivity contribution >= 4 is 44.2 Å². The molecule has 1 aliphatic heterocycles. The average molecular weight is 507 g/mol. The zero-order valence-electron chi connectivity index (χ0n) is 16.2. The normalized spacial score (nSPS) is 18.3. The molecular formula is C19H30IN3O3S. The molecule has 1 saturated heterocycles. The van der Waals surface area contributed by atoms with E-state index < -0.39 is 10.0 Å². The molecule has 6 nitrogen and oxygen atoms in total. The zero-order chi connectivity index (χ0) is 19.9. The third kappa shape index (κ3) is 7.23. The Bertz CT molecular complexity index is 709. The lowest BCUT2D eigenvalue weighted by Gasteiger charge is -2.35. The van der Waals surface area contributed by atoms with Gasteiger partial charge in [-0.15, -0.1) is 0 Å². The largest absolute Gasteiger partial charge is 0.354 e. The van der Waals surface area contributed by atoms with E-state index in [0.717, 1.165) is 33.6 Å². The first kappa shape index (κ1) is 22.4. The van der Waals surface area contributed by atoms with Crippen molar-refractivity contribution in [3.8, 4) is 0 Å². The molecule has 152 valence electrons. The zero-order valence-corrected chi connectivity index (χ0v) is 19.1. The standard InChI is InChI=1S/C19H30IN3O3S/c1-3-17-7-4-5-13-22(17)14-6-12-21-19(24)15-23(27(2,25)26)18-10-8-16(20)9-11-18/h8-11,17H,3-7,12-15H2,1-2H3,(H,21,24). The van der Waals surface area contributed by atoms with Crippen molar-refractivity contribution < 1.29 is 13.2 Å². The second-order valence-electron chi connectivity index (χ2n) is 7.04. The van der Waals surface area contributed by atoms with Gasteiger partial charge in [-0.1, -0.05) is 13.3 Å². The van der Waals surface area contributed by atoms with Crippen LogP contribution in [0.2, 0.25) is 0 Å². The molecule has 8 heteroatoms. The van der Waals surface area contributed by atoms with Gasteiger partial charge in [-0.2, -0.15) is 0 Å². The smallest absolute Gasteiger partial charge is 0.240 e. The fourth-order valence-electron chi connectivity index (χ4n) is 3.52. The lowest BCUT2D eigenvalue weighted by atomic mass is 10.00. The van der Waals surface area contributed by atoms with Crippen molar-refractivity contribution in [2.24, 2.45) is 0 Å². The molecule has 1 fully saturated rings. The summed E-state index contributed by atoms with van der Waals surface area (Å²) in [6, 6.07) is 7.76. The summed E-state index contributed by atoms with van der Waals surface area (Å²) in [6.07, 6.45) is 7.01. The first-order valence-electron chi connectivity index (χ1n) is 9.55. The summed E-state index contributed by atoms with van der Waals surface area (Å²) < 4.78 is 26.4. The topological polar surface area (TPSA) is 69.7 Å². The molecule has 0 spiro atoms. The second-order valence-corrected chi connectivity index (χ2v) is 10.2. The van der Waals surface area contributed by atoms with E-state index in [1.54, 1.807) is 12.1 Å². The Morgan fingerprint density at radius 1 is 1.30 bits per heavy atom. The summed E-state index contributed by atoms with van der Waals surface area (Å²) in [7, 11) is -3.52. The summed E-state index contributed by atoms with van der Waals surface area (Å²) in [4.78, 5) is 14.8. The predicted molar refractivity (Wildman–Crippen MR) is 118 cm³/mol. The lowest BCUT2D eigenvalue weighted by Crippen LogP contribution is -2.42. The van der Waals surface area contributed by atoms with Crippen LogP contribution in [-0.2, 0) is 14.8 Å². The molecule has 1 unspecified atom stereocenters. The number of amides is 1. The Morgan fingerprint density at radius 3 is 2.63 bits per heavy atom. The first-order valence-corrected chi connectivity index (χ1v) is 12.5. The summed E-state index contributed by atoms with van der Waals surface area (Å²) in [5.74, 6) is -0.273. The van der Waals surface area contributed by atoms with Crippen molar-refractivity contribution in [3.05, 3.63) is 27.8 Å². The quantitative estimate of drug-likeness (QED) is 0.413. The number of likely N-dealkylation sites (tertiary alicyclic amines) is 1. The van der Waals surface area contributed by atoms with Gasteiger partial charge in [0.2, 0.25) is 15.9 Å². The number of hydrogen-bond acceptors (Lipinski definition) is 4. The van der Waals surface area contributed by atoms with Crippen LogP contribution in [0, 0.1) is 3.57 Å². The van der Waals surface area contributed by atoms with E-state index in [2.05, 4.69) is 39.7 Å². The number of hydrogen-bond donors (Lipinski definition) is 1. The molecule has 1 atom stereocenters. The van der Waals surface area contributed by atoms with Crippen molar-refractivity contribution in [1.29, 1.82) is 0 Å². The van der Waals surface area contributed by atoms with E-state index in [9.17, 15) is 13.2 Å². The van der Waals surface area contributed by atoms with Crippen LogP contribution in [-0.4, -0.2) is 57.7 Å². The molecule has 2 rings (SSSR count). The minimum Gasteiger partial charge on any atom is -0.354 e. The SMILES string of the molecule is CCC1CCCCN1CCCNC(=O)CN(c1ccc(I)cc1)S(C)(=O)=O. The van der Waals surface area contributed by atoms with Gasteiger partial charge in [0, 0.05) is 22.7 Å². The van der Waals surface area contributed by atoms with Crippen LogP contribution < -0.4 is 9.62 Å². The number of piperidine rings is 1. The molecule has 1 N–H and O–H groups in total. The highest BCUT2D eigenvalue weighted by atomic mass is 127. The van der Waals surface area contributed by atoms with E-state index in [-0.39, 0.29) is 12.5 Å². The third-order valence-electron chi connectivity index (χ3n) is 4.97. The highest BCUT2D eigenvalue weighted by Gasteiger charge is 2.22. The number of carbonyl (C=O) groups excluding carboxylic acids is 1. The Morgan fingerprint density at radius 2 is 2.00 bits per heavy atom. The average Bonchev–Trinajstić information content (AvgIpc) is 2.63. The number of sulfonamides is 1. The number of benzene rings is 1. The molecule has 0 aromatic heterocycles. The van der Waals surface area contributed by atoms with Gasteiger partial charge in [-0.25, -0.2) is 8.42 Å². The number of nitrogens with zero attached hydrogens (tertiary/aromatic N) is 2. The van der Waals surface area contributed by atoms with Crippen LogP contribution in [0.15, 0.2) is 24.3 Å². The van der Waals surface area contributed by atoms with Gasteiger partial charge in [0.1, 0.15) is 6.54 Å². The summed E-state index contributed by atoms with van der Waals surface area (Å²) in [5.41, 5.74) is 0.507. The maximum Gasteiger partial charge on any atom is 0.240 e. The lowest BCUT2D eigenvalue weighted by molar-refractivity contribution is -0.119. The predicted octanol–water partition coefficient (Wildman–Crippen LogP) is 2.83. The van der Waals surface area contributed by atoms with Crippen molar-refractivity contribution in [2.75, 3.05) is 36.7 Å². The van der Waals surface area contributed by atoms with Crippen LogP contribution in [0.25, 0.3) is 0 Å². The van der Waals surface area contributed by atoms with E-state index in [1.807, 2.05) is 12.1 Å². The fourth-order valence-corrected chi connectivity index (χ4v) is 4.74. The number of halogens is 1. The third-order valence-corrected chi connectivity index (χ3v) is 6.83. The molecule has 1 aromatic rings. The number of nitrogens with one attached hydrogen (secondary N) is 1. The molecule has 0 aliphatic carbocycles. The van der Waals surface area contributed by atoms with Crippen LogP contribution >= 0.6 is 22.6 Å². The maximum absolute atomic E-state index is 12.3. The van der Waals surface area contributed by atoms with Gasteiger partial charge in [0.25, 0.3) is 0 Å². The summed E-state index contributed by atoms with van der Waals surface area (Å²) >= 11 is 2.16. The van der Waals surface area contributed by atoms with E-state index in [0.29, 0.717) is 18.3 Å². The highest BCUT2D eigenvalue weighted by Crippen LogP contribution is 2.20. The second kappa shape index (κ2) is 10.6. The minimum atomic E-state index is -3.52. The van der Waals surface area contributed by atoms with Gasteiger partial charge in [-0.05, 0) is 79.1 Å². The van der Waals surface area contributed by atoms with Gasteiger partial charge in [0.05, 0.1) is 11.9 Å². The maximum atomic E-state index is 12.3. The van der Waals surface area contributed by atoms with Crippen molar-refractivity contribution in [1.82, 2.24) is 10.2 Å². The van der Waals surface area contributed by atoms with Gasteiger partial charge in [-0.3, -0.25) is 9.10 Å². The molecular weight excluding hydrogens is 477 g/mol. The number of rotatable bonds is 9. The molecule has 1 aromatic carbocycles. The Kier molecular flexibility index (Phi) is 8.81. The van der Waals surface area contributed by atoms with Crippen molar-refractivity contribution in [2.45, 2.75) is 45.1 Å². The van der Waals surface area contributed by atoms with E-state index in [4.69, 9.17) is 0 Å². The summed E-state index contributed by atoms with van der Waals surface area (Å²) in [5, 5.41) is 2.87. The van der Waals surface area contributed by atoms with Crippen LogP contribution in [0.5, 0.6) is 0 Å². The number of carbonyl (C=O) groups is 1. The monoisotopic (exact) mass is 507 g/mol. The van der Waals surface area contributed by atoms with Crippen LogP contribution in [0.4, 0.5) is 5.69 Å². The van der Waals surface area contributed by atoms with Crippen LogP contribution in [0.3, 0.4) is 0 Å². The van der Waals surface area contributed by atoms with Gasteiger partial charge >= 0.3 is 0 Å². The molecule has 27 heavy (non-hydrogen) atoms. The van der Waals surface area contributed by atoms with E-state index in [1.165, 1.54) is 25.7 Å². The molecule has 1 heterocycles. The molecule has 0 bridgehead atoms. The van der Waals surface area contributed by atoms with Crippen LogP contribution in [0.1, 0.15) is 39.0 Å². The molecule has 0 saturated carbocycles. The van der Waals surface area contributed by atoms with Gasteiger partial charge in [0.15, 0.2) is 0 Å². The first-order chi connectivity index (χ1) is 12.8. The Labute approximate surface area is 176 Å².